The fourth-order valence-electron chi connectivity index (χ4n) is 3.24. The average Bonchev–Trinajstić information content (AvgIpc) is 2.88. The fourth-order valence-corrected chi connectivity index (χ4v) is 3.24. The molecule has 0 bridgehead atoms. The van der Waals surface area contributed by atoms with Crippen molar-refractivity contribution in [2.24, 2.45) is 5.41 Å². The van der Waals surface area contributed by atoms with Crippen LogP contribution in [0.2, 0.25) is 0 Å². The molecule has 110 valence electrons. The van der Waals surface area contributed by atoms with E-state index in [-0.39, 0.29) is 11.2 Å². The zero-order valence-electron chi connectivity index (χ0n) is 11.8. The molecule has 0 spiro atoms. The smallest absolute Gasteiger partial charge is 0.123 e. The SMILES string of the molecule is OCC1(CN[C@H]2CCN(c3ccc(F)cc3)C2)CCC1. The Bertz CT molecular complexity index is 439. The normalized spacial score (nSPS) is 24.7. The average molecular weight is 278 g/mol. The van der Waals surface area contributed by atoms with Crippen LogP contribution in [0.1, 0.15) is 25.7 Å². The molecule has 4 heteroatoms. The minimum Gasteiger partial charge on any atom is -0.396 e. The van der Waals surface area contributed by atoms with Crippen LogP contribution in [0.4, 0.5) is 10.1 Å². The summed E-state index contributed by atoms with van der Waals surface area (Å²) in [5, 5.41) is 13.1. The standard InChI is InChI=1S/C16H23FN2O/c17-13-2-4-15(5-3-13)19-9-6-14(10-19)18-11-16(12-20)7-1-8-16/h2-5,14,18,20H,1,6-12H2/t14-/m0/s1. The van der Waals surface area contributed by atoms with Crippen LogP contribution >= 0.6 is 0 Å². The number of rotatable bonds is 5. The highest BCUT2D eigenvalue weighted by Gasteiger charge is 2.37. The lowest BCUT2D eigenvalue weighted by Gasteiger charge is -2.41. The van der Waals surface area contributed by atoms with Crippen molar-refractivity contribution in [3.05, 3.63) is 30.1 Å². The second-order valence-corrected chi connectivity index (χ2v) is 6.30. The van der Waals surface area contributed by atoms with E-state index >= 15 is 0 Å². The molecule has 1 atom stereocenters. The maximum atomic E-state index is 12.9. The number of aliphatic hydroxyl groups is 1. The van der Waals surface area contributed by atoms with Gasteiger partial charge in [-0.05, 0) is 43.5 Å². The number of aliphatic hydroxyl groups excluding tert-OH is 1. The fraction of sp³-hybridized carbons (Fsp3) is 0.625. The summed E-state index contributed by atoms with van der Waals surface area (Å²) in [5.41, 5.74) is 1.24. The second kappa shape index (κ2) is 5.70. The summed E-state index contributed by atoms with van der Waals surface area (Å²) in [6, 6.07) is 7.21. The van der Waals surface area contributed by atoms with Gasteiger partial charge in [0.25, 0.3) is 0 Å². The molecule has 2 aliphatic rings. The minimum absolute atomic E-state index is 0.142. The molecule has 0 amide bonds. The minimum atomic E-state index is -0.183. The molecule has 3 rings (SSSR count). The van der Waals surface area contributed by atoms with Gasteiger partial charge in [-0.3, -0.25) is 0 Å². The van der Waals surface area contributed by atoms with E-state index in [0.717, 1.165) is 44.6 Å². The number of hydrogen-bond acceptors (Lipinski definition) is 3. The molecule has 2 fully saturated rings. The van der Waals surface area contributed by atoms with E-state index < -0.39 is 0 Å². The van der Waals surface area contributed by atoms with Crippen molar-refractivity contribution in [2.45, 2.75) is 31.7 Å². The van der Waals surface area contributed by atoms with Gasteiger partial charge in [-0.2, -0.15) is 0 Å². The molecular weight excluding hydrogens is 255 g/mol. The van der Waals surface area contributed by atoms with Crippen LogP contribution in [-0.4, -0.2) is 37.4 Å². The molecule has 0 unspecified atom stereocenters. The van der Waals surface area contributed by atoms with Gasteiger partial charge in [-0.15, -0.1) is 0 Å². The van der Waals surface area contributed by atoms with E-state index in [9.17, 15) is 9.50 Å². The molecule has 1 aromatic rings. The molecule has 0 radical (unpaired) electrons. The Labute approximate surface area is 119 Å². The summed E-state index contributed by atoms with van der Waals surface area (Å²) in [7, 11) is 0. The monoisotopic (exact) mass is 278 g/mol. The van der Waals surface area contributed by atoms with Crippen LogP contribution in [0.5, 0.6) is 0 Å². The maximum absolute atomic E-state index is 12.9. The lowest BCUT2D eigenvalue weighted by atomic mass is 9.69. The quantitative estimate of drug-likeness (QED) is 0.866. The van der Waals surface area contributed by atoms with Crippen LogP contribution in [0.3, 0.4) is 0 Å². The van der Waals surface area contributed by atoms with Gasteiger partial charge in [-0.1, -0.05) is 6.42 Å². The summed E-state index contributed by atoms with van der Waals surface area (Å²) in [6.45, 7) is 3.20. The van der Waals surface area contributed by atoms with E-state index in [2.05, 4.69) is 10.2 Å². The predicted octanol–water partition coefficient (Wildman–Crippen LogP) is 2.16. The van der Waals surface area contributed by atoms with E-state index in [4.69, 9.17) is 0 Å². The van der Waals surface area contributed by atoms with E-state index in [1.807, 2.05) is 12.1 Å². The summed E-state index contributed by atoms with van der Waals surface area (Å²) in [6.07, 6.45) is 4.64. The highest BCUT2D eigenvalue weighted by molar-refractivity contribution is 5.47. The molecular formula is C16H23FN2O. The molecule has 20 heavy (non-hydrogen) atoms. The lowest BCUT2D eigenvalue weighted by Crippen LogP contribution is -2.46. The first-order valence-electron chi connectivity index (χ1n) is 7.56. The van der Waals surface area contributed by atoms with Crippen LogP contribution in [-0.2, 0) is 0 Å². The Morgan fingerprint density at radius 1 is 1.30 bits per heavy atom. The number of anilines is 1. The van der Waals surface area contributed by atoms with Crippen molar-refractivity contribution in [1.29, 1.82) is 0 Å². The third kappa shape index (κ3) is 2.81. The maximum Gasteiger partial charge on any atom is 0.123 e. The predicted molar refractivity (Wildman–Crippen MR) is 78.4 cm³/mol. The number of nitrogens with zero attached hydrogens (tertiary/aromatic N) is 1. The second-order valence-electron chi connectivity index (χ2n) is 6.30. The Hall–Kier alpha value is -1.13. The molecule has 2 N–H and O–H groups in total. The van der Waals surface area contributed by atoms with Gasteiger partial charge < -0.3 is 15.3 Å². The Morgan fingerprint density at radius 2 is 2.05 bits per heavy atom. The van der Waals surface area contributed by atoms with Crippen molar-refractivity contribution >= 4 is 5.69 Å². The van der Waals surface area contributed by atoms with Crippen molar-refractivity contribution in [3.63, 3.8) is 0 Å². The Morgan fingerprint density at radius 3 is 2.65 bits per heavy atom. The van der Waals surface area contributed by atoms with Gasteiger partial charge in [0.05, 0.1) is 0 Å². The number of hydrogen-bond donors (Lipinski definition) is 2. The summed E-state index contributed by atoms with van der Waals surface area (Å²) in [5.74, 6) is -0.183. The molecule has 1 aromatic carbocycles. The van der Waals surface area contributed by atoms with Gasteiger partial charge in [-0.25, -0.2) is 4.39 Å². The van der Waals surface area contributed by atoms with Crippen molar-refractivity contribution in [1.82, 2.24) is 5.32 Å². The number of halogens is 1. The summed E-state index contributed by atoms with van der Waals surface area (Å²) < 4.78 is 12.9. The zero-order valence-corrected chi connectivity index (χ0v) is 11.8. The topological polar surface area (TPSA) is 35.5 Å². The van der Waals surface area contributed by atoms with Gasteiger partial charge in [0.1, 0.15) is 5.82 Å². The first kappa shape index (κ1) is 13.8. The highest BCUT2D eigenvalue weighted by Crippen LogP contribution is 2.39. The summed E-state index contributed by atoms with van der Waals surface area (Å²) in [4.78, 5) is 2.30. The van der Waals surface area contributed by atoms with E-state index in [1.54, 1.807) is 0 Å². The van der Waals surface area contributed by atoms with Crippen LogP contribution in [0.25, 0.3) is 0 Å². The van der Waals surface area contributed by atoms with Gasteiger partial charge in [0.2, 0.25) is 0 Å². The van der Waals surface area contributed by atoms with Gasteiger partial charge in [0, 0.05) is 43.4 Å². The molecule has 3 nitrogen and oxygen atoms in total. The van der Waals surface area contributed by atoms with Crippen molar-refractivity contribution in [2.75, 3.05) is 31.1 Å². The Balaban J connectivity index is 1.50. The number of benzene rings is 1. The molecule has 1 aliphatic carbocycles. The first-order valence-corrected chi connectivity index (χ1v) is 7.56. The molecule has 1 saturated carbocycles. The highest BCUT2D eigenvalue weighted by atomic mass is 19.1. The number of nitrogens with one attached hydrogen (secondary N) is 1. The van der Waals surface area contributed by atoms with Gasteiger partial charge >= 0.3 is 0 Å². The molecule has 1 aliphatic heterocycles. The molecule has 0 aromatic heterocycles. The zero-order chi connectivity index (χ0) is 14.0. The van der Waals surface area contributed by atoms with E-state index in [0.29, 0.717) is 12.6 Å². The van der Waals surface area contributed by atoms with Crippen LogP contribution in [0.15, 0.2) is 24.3 Å². The van der Waals surface area contributed by atoms with Gasteiger partial charge in [0.15, 0.2) is 0 Å². The van der Waals surface area contributed by atoms with Crippen LogP contribution < -0.4 is 10.2 Å². The molecule has 1 saturated heterocycles. The first-order chi connectivity index (χ1) is 9.71. The Kier molecular flexibility index (Phi) is 3.94. The largest absolute Gasteiger partial charge is 0.396 e. The molecule has 1 heterocycles. The van der Waals surface area contributed by atoms with Crippen LogP contribution in [0, 0.1) is 11.2 Å². The van der Waals surface area contributed by atoms with Crippen molar-refractivity contribution in [3.8, 4) is 0 Å². The van der Waals surface area contributed by atoms with E-state index in [1.165, 1.54) is 18.6 Å². The van der Waals surface area contributed by atoms with Crippen molar-refractivity contribution < 1.29 is 9.50 Å². The summed E-state index contributed by atoms with van der Waals surface area (Å²) >= 11 is 0. The third-order valence-corrected chi connectivity index (χ3v) is 4.90. The lowest BCUT2D eigenvalue weighted by molar-refractivity contribution is 0.0426. The third-order valence-electron chi connectivity index (χ3n) is 4.90.